The topological polar surface area (TPSA) is 38.1 Å². The predicted octanol–water partition coefficient (Wildman–Crippen LogP) is 5.16. The molecule has 0 fully saturated rings. The molecule has 0 aliphatic carbocycles. The van der Waals surface area contributed by atoms with Gasteiger partial charge in [0.05, 0.1) is 30.4 Å². The summed E-state index contributed by atoms with van der Waals surface area (Å²) in [6, 6.07) is 8.73. The molecule has 1 aliphatic heterocycles. The highest BCUT2D eigenvalue weighted by atomic mass is 16.3. The first kappa shape index (κ1) is 18.7. The maximum Gasteiger partial charge on any atom is 0.0956 e. The molecule has 3 rings (SSSR count). The summed E-state index contributed by atoms with van der Waals surface area (Å²) in [7, 11) is 0. The van der Waals surface area contributed by atoms with Gasteiger partial charge in [-0.1, -0.05) is 65.8 Å². The number of hydrogen-bond acceptors (Lipinski definition) is 2. The third-order valence-electron chi connectivity index (χ3n) is 4.79. The molecule has 132 valence electrons. The van der Waals surface area contributed by atoms with E-state index in [2.05, 4.69) is 61.5 Å². The van der Waals surface area contributed by atoms with Crippen LogP contribution in [0, 0.1) is 17.8 Å². The summed E-state index contributed by atoms with van der Waals surface area (Å²) in [5.74, 6) is 1.01. The van der Waals surface area contributed by atoms with Crippen molar-refractivity contribution in [2.24, 2.45) is 17.8 Å². The van der Waals surface area contributed by atoms with Gasteiger partial charge in [0.25, 0.3) is 0 Å². The van der Waals surface area contributed by atoms with Crippen molar-refractivity contribution in [2.75, 3.05) is 0 Å². The summed E-state index contributed by atoms with van der Waals surface area (Å²) in [6.45, 7) is 12.7. The van der Waals surface area contributed by atoms with Crippen LogP contribution in [0.5, 0.6) is 0 Å². The van der Waals surface area contributed by atoms with Crippen molar-refractivity contribution in [1.29, 1.82) is 0 Å². The first-order valence-corrected chi connectivity index (χ1v) is 9.30. The molecule has 3 atom stereocenters. The average Bonchev–Trinajstić information content (AvgIpc) is 3.14. The van der Waals surface area contributed by atoms with Crippen LogP contribution in [-0.4, -0.2) is 20.8 Å². The Morgan fingerprint density at radius 3 is 2.42 bits per heavy atom. The first-order valence-electron chi connectivity index (χ1n) is 9.30. The molecule has 0 amide bonds. The van der Waals surface area contributed by atoms with Gasteiger partial charge in [-0.05, 0) is 23.8 Å². The molecular formula is C21H32N2O. The van der Waals surface area contributed by atoms with Crippen LogP contribution in [0.15, 0.2) is 36.8 Å². The minimum atomic E-state index is -0.311. The van der Waals surface area contributed by atoms with Crippen LogP contribution in [0.25, 0.3) is 11.3 Å². The van der Waals surface area contributed by atoms with E-state index in [1.807, 2.05) is 26.4 Å². The highest BCUT2D eigenvalue weighted by Crippen LogP contribution is 2.46. The summed E-state index contributed by atoms with van der Waals surface area (Å²) >= 11 is 0. The fourth-order valence-electron chi connectivity index (χ4n) is 3.80. The Morgan fingerprint density at radius 1 is 1.12 bits per heavy atom. The van der Waals surface area contributed by atoms with E-state index >= 15 is 0 Å². The quantitative estimate of drug-likeness (QED) is 0.823. The van der Waals surface area contributed by atoms with Gasteiger partial charge in [0, 0.05) is 11.5 Å². The van der Waals surface area contributed by atoms with Crippen molar-refractivity contribution in [3.8, 4) is 11.3 Å². The molecule has 2 heterocycles. The summed E-state index contributed by atoms with van der Waals surface area (Å²) in [6.07, 6.45) is 4.55. The van der Waals surface area contributed by atoms with Gasteiger partial charge in [0.1, 0.15) is 0 Å². The Kier molecular flexibility index (Phi) is 6.22. The van der Waals surface area contributed by atoms with E-state index in [0.717, 1.165) is 6.42 Å². The Balaban J connectivity index is 0.00000100. The van der Waals surface area contributed by atoms with E-state index in [9.17, 15) is 5.11 Å². The van der Waals surface area contributed by atoms with Crippen molar-refractivity contribution in [1.82, 2.24) is 9.55 Å². The van der Waals surface area contributed by atoms with Crippen molar-refractivity contribution in [2.45, 2.75) is 60.1 Å². The third kappa shape index (κ3) is 3.41. The molecule has 3 heteroatoms. The van der Waals surface area contributed by atoms with Crippen molar-refractivity contribution in [3.63, 3.8) is 0 Å². The molecule has 0 unspecified atom stereocenters. The number of aliphatic hydroxyl groups excluding tert-OH is 1. The average molecular weight is 329 g/mol. The third-order valence-corrected chi connectivity index (χ3v) is 4.79. The van der Waals surface area contributed by atoms with Crippen LogP contribution in [0.4, 0.5) is 0 Å². The van der Waals surface area contributed by atoms with Gasteiger partial charge < -0.3 is 9.67 Å². The lowest BCUT2D eigenvalue weighted by atomic mass is 9.79. The summed E-state index contributed by atoms with van der Waals surface area (Å²) in [4.78, 5) is 4.34. The lowest BCUT2D eigenvalue weighted by molar-refractivity contribution is 0.0364. The summed E-state index contributed by atoms with van der Waals surface area (Å²) in [5, 5.41) is 10.9. The maximum atomic E-state index is 10.9. The molecule has 0 radical (unpaired) electrons. The van der Waals surface area contributed by atoms with Gasteiger partial charge in [-0.15, -0.1) is 0 Å². The first-order chi connectivity index (χ1) is 11.5. The lowest BCUT2D eigenvalue weighted by Gasteiger charge is -2.33. The zero-order valence-electron chi connectivity index (χ0n) is 15.9. The van der Waals surface area contributed by atoms with Crippen LogP contribution >= 0.6 is 0 Å². The molecule has 24 heavy (non-hydrogen) atoms. The second-order valence-electron chi connectivity index (χ2n) is 7.25. The molecule has 2 aromatic rings. The molecule has 1 aromatic heterocycles. The molecule has 1 aliphatic rings. The lowest BCUT2D eigenvalue weighted by Crippen LogP contribution is -2.34. The fraction of sp³-hybridized carbons (Fsp3) is 0.571. The van der Waals surface area contributed by atoms with Gasteiger partial charge >= 0.3 is 0 Å². The van der Waals surface area contributed by atoms with Crippen LogP contribution in [0.2, 0.25) is 0 Å². The molecule has 1 aromatic carbocycles. The monoisotopic (exact) mass is 328 g/mol. The molecule has 1 N–H and O–H groups in total. The zero-order chi connectivity index (χ0) is 17.9. The van der Waals surface area contributed by atoms with E-state index in [1.54, 1.807) is 0 Å². The number of rotatable bonds is 5. The summed E-state index contributed by atoms with van der Waals surface area (Å²) in [5.41, 5.74) is 3.75. The number of aromatic nitrogens is 2. The van der Waals surface area contributed by atoms with E-state index in [1.165, 1.54) is 16.8 Å². The predicted molar refractivity (Wildman–Crippen MR) is 101 cm³/mol. The molecule has 0 saturated heterocycles. The van der Waals surface area contributed by atoms with Gasteiger partial charge in [-0.2, -0.15) is 0 Å². The van der Waals surface area contributed by atoms with Gasteiger partial charge in [0.2, 0.25) is 0 Å². The van der Waals surface area contributed by atoms with E-state index in [4.69, 9.17) is 0 Å². The molecular weight excluding hydrogens is 296 g/mol. The van der Waals surface area contributed by atoms with Crippen molar-refractivity contribution >= 4 is 0 Å². The smallest absolute Gasteiger partial charge is 0.0956 e. The number of aliphatic hydroxyl groups is 1. The zero-order valence-corrected chi connectivity index (χ0v) is 15.9. The highest BCUT2D eigenvalue weighted by molar-refractivity contribution is 5.69. The number of imidazole rings is 1. The molecule has 0 saturated carbocycles. The fourth-order valence-corrected chi connectivity index (χ4v) is 3.80. The van der Waals surface area contributed by atoms with E-state index in [-0.39, 0.29) is 24.0 Å². The minimum Gasteiger partial charge on any atom is -0.392 e. The van der Waals surface area contributed by atoms with Crippen LogP contribution in [0.1, 0.15) is 59.6 Å². The second-order valence-corrected chi connectivity index (χ2v) is 7.25. The summed E-state index contributed by atoms with van der Waals surface area (Å²) < 4.78 is 2.25. The van der Waals surface area contributed by atoms with Gasteiger partial charge in [-0.25, -0.2) is 4.98 Å². The molecule has 0 bridgehead atoms. The second kappa shape index (κ2) is 7.98. The normalized spacial score (nSPS) is 18.0. The van der Waals surface area contributed by atoms with Crippen molar-refractivity contribution < 1.29 is 5.11 Å². The van der Waals surface area contributed by atoms with Gasteiger partial charge in [-0.3, -0.25) is 0 Å². The standard InChI is InChI=1S/C19H26N2O.C2H6/c1-12(2)9-16(19(22)13(3)4)18-15-8-6-5-7-14(15)17-10-20-11-21(17)18;1-2/h5-8,10-13,16,18-19,22H,9H2,1-4H3;1-2H3/t16-,18+,19+;/m0./s1. The Labute approximate surface area is 146 Å². The SMILES string of the molecule is CC.CC(C)C[C@H]([C@H](O)C(C)C)[C@H]1c2ccccc2-c2cncn21. The van der Waals surface area contributed by atoms with E-state index in [0.29, 0.717) is 5.92 Å². The number of benzene rings is 1. The minimum absolute atomic E-state index is 0.188. The number of hydrogen-bond donors (Lipinski definition) is 1. The molecule has 3 nitrogen and oxygen atoms in total. The Hall–Kier alpha value is -1.61. The molecule has 0 spiro atoms. The Morgan fingerprint density at radius 2 is 1.79 bits per heavy atom. The van der Waals surface area contributed by atoms with Crippen LogP contribution in [-0.2, 0) is 0 Å². The van der Waals surface area contributed by atoms with Crippen LogP contribution < -0.4 is 0 Å². The van der Waals surface area contributed by atoms with E-state index < -0.39 is 0 Å². The number of nitrogens with zero attached hydrogens (tertiary/aromatic N) is 2. The highest BCUT2D eigenvalue weighted by Gasteiger charge is 2.38. The largest absolute Gasteiger partial charge is 0.392 e. The number of fused-ring (bicyclic) bond motifs is 3. The van der Waals surface area contributed by atoms with Crippen molar-refractivity contribution in [3.05, 3.63) is 42.4 Å². The van der Waals surface area contributed by atoms with Crippen LogP contribution in [0.3, 0.4) is 0 Å². The Bertz CT molecular complexity index is 645. The van der Waals surface area contributed by atoms with Gasteiger partial charge in [0.15, 0.2) is 0 Å². The maximum absolute atomic E-state index is 10.9.